The fraction of sp³-hybridized carbons (Fsp3) is 0.423. The quantitative estimate of drug-likeness (QED) is 0.457. The molecule has 2 aromatic carbocycles. The summed E-state index contributed by atoms with van der Waals surface area (Å²) in [6.07, 6.45) is 4.80. The number of nitrogens with one attached hydrogen (secondary N) is 3. The SMILES string of the molecule is CCC(C)(C)C1CCC2(CC1)SC(NC(=O)Nc1ccccc1)=NN2C(=O)Nc1ccccc1. The van der Waals surface area contributed by atoms with E-state index in [1.54, 1.807) is 5.01 Å². The van der Waals surface area contributed by atoms with Crippen LogP contribution in [-0.4, -0.2) is 27.1 Å². The van der Waals surface area contributed by atoms with Crippen LogP contribution in [-0.2, 0) is 0 Å². The van der Waals surface area contributed by atoms with Crippen LogP contribution in [0.5, 0.6) is 0 Å². The van der Waals surface area contributed by atoms with Crippen molar-refractivity contribution in [1.29, 1.82) is 0 Å². The number of amidine groups is 1. The van der Waals surface area contributed by atoms with Crippen LogP contribution >= 0.6 is 11.8 Å². The highest BCUT2D eigenvalue weighted by atomic mass is 32.2. The number of hydrogen-bond acceptors (Lipinski definition) is 4. The highest BCUT2D eigenvalue weighted by molar-refractivity contribution is 8.15. The van der Waals surface area contributed by atoms with Crippen molar-refractivity contribution >= 4 is 40.4 Å². The second kappa shape index (κ2) is 10.1. The predicted molar refractivity (Wildman–Crippen MR) is 140 cm³/mol. The van der Waals surface area contributed by atoms with Gasteiger partial charge in [-0.3, -0.25) is 5.32 Å². The number of nitrogens with zero attached hydrogens (tertiary/aromatic N) is 2. The van der Waals surface area contributed by atoms with Gasteiger partial charge < -0.3 is 10.6 Å². The van der Waals surface area contributed by atoms with Gasteiger partial charge in [0.05, 0.1) is 0 Å². The molecule has 3 N–H and O–H groups in total. The smallest absolute Gasteiger partial charge is 0.308 e. The van der Waals surface area contributed by atoms with E-state index in [1.807, 2.05) is 60.7 Å². The Kier molecular flexibility index (Phi) is 7.16. The number of hydrogen-bond donors (Lipinski definition) is 3. The lowest BCUT2D eigenvalue weighted by molar-refractivity contribution is 0.0900. The molecule has 8 heteroatoms. The number of urea groups is 2. The Morgan fingerprint density at radius 2 is 1.53 bits per heavy atom. The van der Waals surface area contributed by atoms with Crippen LogP contribution in [0.15, 0.2) is 65.8 Å². The fourth-order valence-corrected chi connectivity index (χ4v) is 5.91. The van der Waals surface area contributed by atoms with Crippen molar-refractivity contribution in [2.75, 3.05) is 10.6 Å². The van der Waals surface area contributed by atoms with E-state index >= 15 is 0 Å². The average Bonchev–Trinajstić information content (AvgIpc) is 3.17. The molecule has 1 fully saturated rings. The Bertz CT molecular complexity index is 1030. The zero-order chi connectivity index (χ0) is 24.2. The van der Waals surface area contributed by atoms with Gasteiger partial charge in [0.25, 0.3) is 0 Å². The van der Waals surface area contributed by atoms with E-state index < -0.39 is 4.87 Å². The predicted octanol–water partition coefficient (Wildman–Crippen LogP) is 6.68. The van der Waals surface area contributed by atoms with Crippen molar-refractivity contribution in [3.63, 3.8) is 0 Å². The molecular weight excluding hydrogens is 446 g/mol. The van der Waals surface area contributed by atoms with Crippen molar-refractivity contribution in [3.8, 4) is 0 Å². The van der Waals surface area contributed by atoms with Gasteiger partial charge in [-0.05, 0) is 61.3 Å². The van der Waals surface area contributed by atoms with Gasteiger partial charge in [-0.15, -0.1) is 5.10 Å². The van der Waals surface area contributed by atoms with Crippen LogP contribution in [0.4, 0.5) is 21.0 Å². The zero-order valence-electron chi connectivity index (χ0n) is 20.0. The zero-order valence-corrected chi connectivity index (χ0v) is 20.8. The minimum Gasteiger partial charge on any atom is -0.308 e. The average molecular weight is 480 g/mol. The molecule has 4 amide bonds. The van der Waals surface area contributed by atoms with Gasteiger partial charge >= 0.3 is 12.1 Å². The molecule has 1 aliphatic carbocycles. The normalized spacial score (nSPS) is 22.3. The number of hydrazone groups is 1. The number of anilines is 2. The highest BCUT2D eigenvalue weighted by Gasteiger charge is 2.50. The molecule has 34 heavy (non-hydrogen) atoms. The third-order valence-corrected chi connectivity index (χ3v) is 8.45. The van der Waals surface area contributed by atoms with E-state index in [0.29, 0.717) is 22.5 Å². The number of amides is 4. The Balaban J connectivity index is 1.50. The molecule has 2 aromatic rings. The lowest BCUT2D eigenvalue weighted by Gasteiger charge is -2.45. The summed E-state index contributed by atoms with van der Waals surface area (Å²) in [4.78, 5) is 25.4. The fourth-order valence-electron chi connectivity index (χ4n) is 4.64. The van der Waals surface area contributed by atoms with Gasteiger partial charge in [0.2, 0.25) is 0 Å². The number of benzene rings is 2. The summed E-state index contributed by atoms with van der Waals surface area (Å²) in [7, 11) is 0. The van der Waals surface area contributed by atoms with E-state index in [4.69, 9.17) is 0 Å². The number of para-hydroxylation sites is 2. The maximum absolute atomic E-state index is 13.3. The third-order valence-electron chi connectivity index (χ3n) is 7.12. The molecule has 0 saturated heterocycles. The minimum absolute atomic E-state index is 0.263. The van der Waals surface area contributed by atoms with Crippen LogP contribution in [0.3, 0.4) is 0 Å². The van der Waals surface area contributed by atoms with E-state index in [1.165, 1.54) is 11.8 Å². The monoisotopic (exact) mass is 479 g/mol. The summed E-state index contributed by atoms with van der Waals surface area (Å²) in [5, 5.41) is 15.2. The lowest BCUT2D eigenvalue weighted by Crippen LogP contribution is -2.49. The molecule has 0 unspecified atom stereocenters. The molecule has 1 heterocycles. The van der Waals surface area contributed by atoms with Crippen LogP contribution in [0.1, 0.15) is 52.9 Å². The number of carbonyl (C=O) groups is 2. The first-order valence-electron chi connectivity index (χ1n) is 11.9. The van der Waals surface area contributed by atoms with Gasteiger partial charge in [-0.2, -0.15) is 5.01 Å². The largest absolute Gasteiger partial charge is 0.343 e. The summed E-state index contributed by atoms with van der Waals surface area (Å²) in [5.41, 5.74) is 1.67. The van der Waals surface area contributed by atoms with Crippen LogP contribution in [0.2, 0.25) is 0 Å². The van der Waals surface area contributed by atoms with Crippen LogP contribution < -0.4 is 16.0 Å². The molecule has 0 bridgehead atoms. The van der Waals surface area contributed by atoms with Crippen molar-refractivity contribution < 1.29 is 9.59 Å². The summed E-state index contributed by atoms with van der Waals surface area (Å²) in [6.45, 7) is 6.90. The van der Waals surface area contributed by atoms with Crippen LogP contribution in [0, 0.1) is 11.3 Å². The second-order valence-corrected chi connectivity index (χ2v) is 11.0. The molecule has 1 spiro atoms. The topological polar surface area (TPSA) is 85.8 Å². The van der Waals surface area contributed by atoms with Gasteiger partial charge in [0.1, 0.15) is 4.87 Å². The molecule has 7 nitrogen and oxygen atoms in total. The summed E-state index contributed by atoms with van der Waals surface area (Å²) < 4.78 is 0. The molecule has 2 aliphatic rings. The maximum Gasteiger partial charge on any atom is 0.343 e. The molecule has 1 aliphatic heterocycles. The van der Waals surface area contributed by atoms with Gasteiger partial charge in [-0.25, -0.2) is 9.59 Å². The van der Waals surface area contributed by atoms with Gasteiger partial charge in [0.15, 0.2) is 5.17 Å². The summed E-state index contributed by atoms with van der Waals surface area (Å²) in [5.74, 6) is 0.598. The third kappa shape index (κ3) is 5.38. The molecule has 0 aromatic heterocycles. The summed E-state index contributed by atoms with van der Waals surface area (Å²) >= 11 is 1.48. The first-order chi connectivity index (χ1) is 16.3. The number of carbonyl (C=O) groups excluding carboxylic acids is 2. The van der Waals surface area contributed by atoms with E-state index in [-0.39, 0.29) is 17.5 Å². The minimum atomic E-state index is -0.505. The Labute approximate surface area is 205 Å². The first kappa shape index (κ1) is 24.1. The lowest BCUT2D eigenvalue weighted by atomic mass is 9.68. The molecule has 180 valence electrons. The van der Waals surface area contributed by atoms with Crippen molar-refractivity contribution in [2.45, 2.75) is 57.7 Å². The molecule has 0 atom stereocenters. The maximum atomic E-state index is 13.3. The Morgan fingerprint density at radius 3 is 2.09 bits per heavy atom. The van der Waals surface area contributed by atoms with E-state index in [0.717, 1.165) is 32.1 Å². The van der Waals surface area contributed by atoms with Crippen LogP contribution in [0.25, 0.3) is 0 Å². The summed E-state index contributed by atoms with van der Waals surface area (Å²) in [6, 6.07) is 18.0. The number of rotatable bonds is 4. The van der Waals surface area contributed by atoms with Crippen molar-refractivity contribution in [2.24, 2.45) is 16.4 Å². The first-order valence-corrected chi connectivity index (χ1v) is 12.7. The molecule has 1 saturated carbocycles. The standard InChI is InChI=1S/C26H33N5O2S/c1-4-25(2,3)19-15-17-26(18-16-19)31(24(33)28-21-13-9-6-10-14-21)30-23(34-26)29-22(32)27-20-11-7-5-8-12-20/h5-14,19H,4,15-18H2,1-3H3,(H,28,33)(H2,27,29,30,32). The van der Waals surface area contributed by atoms with Gasteiger partial charge in [-0.1, -0.05) is 75.4 Å². The van der Waals surface area contributed by atoms with E-state index in [2.05, 4.69) is 41.8 Å². The molecule has 0 radical (unpaired) electrons. The molecule has 4 rings (SSSR count). The Hall–Kier alpha value is -3.00. The highest BCUT2D eigenvalue weighted by Crippen LogP contribution is 2.52. The second-order valence-electron chi connectivity index (χ2n) is 9.62. The van der Waals surface area contributed by atoms with Gasteiger partial charge in [0, 0.05) is 11.4 Å². The number of thioether (sulfide) groups is 1. The van der Waals surface area contributed by atoms with Crippen molar-refractivity contribution in [1.82, 2.24) is 10.3 Å². The Morgan fingerprint density at radius 1 is 0.971 bits per heavy atom. The molecular formula is C26H33N5O2S. The van der Waals surface area contributed by atoms with Crippen molar-refractivity contribution in [3.05, 3.63) is 60.7 Å². The van der Waals surface area contributed by atoms with E-state index in [9.17, 15) is 9.59 Å².